The molecule has 2 aliphatic rings. The Hall–Kier alpha value is -1.56. The Labute approximate surface area is 112 Å². The molecular weight excluding hydrogens is 242 g/mol. The summed E-state index contributed by atoms with van der Waals surface area (Å²) in [6, 6.07) is 0. The third kappa shape index (κ3) is 2.32. The minimum absolute atomic E-state index is 0.0101. The number of amides is 1. The zero-order valence-electron chi connectivity index (χ0n) is 11.1. The smallest absolute Gasteiger partial charge is 0.259 e. The Morgan fingerprint density at radius 1 is 1.42 bits per heavy atom. The van der Waals surface area contributed by atoms with E-state index in [1.54, 1.807) is 0 Å². The van der Waals surface area contributed by atoms with Gasteiger partial charge in [-0.3, -0.25) is 9.89 Å². The first-order valence-corrected chi connectivity index (χ1v) is 6.99. The number of nitrogen functional groups attached to an aromatic ring is 1. The van der Waals surface area contributed by atoms with Crippen molar-refractivity contribution in [2.24, 2.45) is 5.41 Å². The summed E-state index contributed by atoms with van der Waals surface area (Å²) < 4.78 is 0. The van der Waals surface area contributed by atoms with E-state index >= 15 is 0 Å². The van der Waals surface area contributed by atoms with Crippen LogP contribution >= 0.6 is 0 Å². The quantitative estimate of drug-likeness (QED) is 0.692. The molecule has 1 atom stereocenters. The van der Waals surface area contributed by atoms with Crippen molar-refractivity contribution < 1.29 is 4.79 Å². The molecule has 1 spiro atoms. The third-order valence-corrected chi connectivity index (χ3v) is 4.41. The van der Waals surface area contributed by atoms with E-state index in [1.165, 1.54) is 25.5 Å². The summed E-state index contributed by atoms with van der Waals surface area (Å²) in [6.45, 7) is 3.79. The van der Waals surface area contributed by atoms with E-state index in [2.05, 4.69) is 15.5 Å². The molecule has 3 heterocycles. The second-order valence-electron chi connectivity index (χ2n) is 5.81. The van der Waals surface area contributed by atoms with Gasteiger partial charge in [-0.1, -0.05) is 0 Å². The summed E-state index contributed by atoms with van der Waals surface area (Å²) in [6.07, 6.45) is 6.23. The SMILES string of the molecule is Nc1[nH]ncc1C(=O)N1CCCC2(CCCNC2)C1. The molecule has 1 aromatic rings. The third-order valence-electron chi connectivity index (χ3n) is 4.41. The molecule has 6 heteroatoms. The number of hydrogen-bond donors (Lipinski definition) is 3. The first kappa shape index (κ1) is 12.5. The second kappa shape index (κ2) is 4.85. The molecule has 2 aliphatic heterocycles. The van der Waals surface area contributed by atoms with Crippen molar-refractivity contribution in [3.05, 3.63) is 11.8 Å². The van der Waals surface area contributed by atoms with Gasteiger partial charge >= 0.3 is 0 Å². The van der Waals surface area contributed by atoms with Crippen LogP contribution in [0, 0.1) is 5.41 Å². The molecule has 19 heavy (non-hydrogen) atoms. The lowest BCUT2D eigenvalue weighted by atomic mass is 9.74. The summed E-state index contributed by atoms with van der Waals surface area (Å²) in [5.41, 5.74) is 6.51. The number of anilines is 1. The zero-order valence-corrected chi connectivity index (χ0v) is 11.1. The molecular formula is C13H21N5O. The van der Waals surface area contributed by atoms with Crippen molar-refractivity contribution in [1.82, 2.24) is 20.4 Å². The summed E-state index contributed by atoms with van der Waals surface area (Å²) in [7, 11) is 0. The van der Waals surface area contributed by atoms with Gasteiger partial charge in [-0.2, -0.15) is 5.10 Å². The van der Waals surface area contributed by atoms with Gasteiger partial charge in [-0.05, 0) is 32.2 Å². The monoisotopic (exact) mass is 263 g/mol. The van der Waals surface area contributed by atoms with Crippen LogP contribution in [0.3, 0.4) is 0 Å². The standard InChI is InChI=1S/C13H21N5O/c14-11-10(7-16-17-11)12(19)18-6-2-4-13(9-18)3-1-5-15-8-13/h7,15H,1-6,8-9H2,(H3,14,16,17). The summed E-state index contributed by atoms with van der Waals surface area (Å²) >= 11 is 0. The van der Waals surface area contributed by atoms with Crippen LogP contribution in [0.1, 0.15) is 36.0 Å². The van der Waals surface area contributed by atoms with E-state index in [-0.39, 0.29) is 11.3 Å². The van der Waals surface area contributed by atoms with E-state index in [4.69, 9.17) is 5.73 Å². The van der Waals surface area contributed by atoms with Crippen molar-refractivity contribution in [2.75, 3.05) is 31.9 Å². The molecule has 0 saturated carbocycles. The van der Waals surface area contributed by atoms with Gasteiger partial charge < -0.3 is 16.0 Å². The van der Waals surface area contributed by atoms with Crippen molar-refractivity contribution in [3.63, 3.8) is 0 Å². The molecule has 0 bridgehead atoms. The number of nitrogens with two attached hydrogens (primary N) is 1. The Morgan fingerprint density at radius 2 is 2.26 bits per heavy atom. The molecule has 2 fully saturated rings. The van der Waals surface area contributed by atoms with E-state index in [1.807, 2.05) is 4.90 Å². The van der Waals surface area contributed by atoms with Gasteiger partial charge in [0.1, 0.15) is 11.4 Å². The highest BCUT2D eigenvalue weighted by Gasteiger charge is 2.38. The lowest BCUT2D eigenvalue weighted by Crippen LogP contribution is -2.52. The van der Waals surface area contributed by atoms with Crippen molar-refractivity contribution >= 4 is 11.7 Å². The van der Waals surface area contributed by atoms with E-state index in [0.29, 0.717) is 11.4 Å². The minimum Gasteiger partial charge on any atom is -0.383 e. The van der Waals surface area contributed by atoms with Gasteiger partial charge in [-0.25, -0.2) is 0 Å². The number of piperidine rings is 2. The van der Waals surface area contributed by atoms with Crippen molar-refractivity contribution in [2.45, 2.75) is 25.7 Å². The minimum atomic E-state index is 0.0101. The number of hydrogen-bond acceptors (Lipinski definition) is 4. The Kier molecular flexibility index (Phi) is 3.18. The highest BCUT2D eigenvalue weighted by atomic mass is 16.2. The number of carbonyl (C=O) groups excluding carboxylic acids is 1. The van der Waals surface area contributed by atoms with Crippen molar-refractivity contribution in [3.8, 4) is 0 Å². The Balaban J connectivity index is 1.74. The highest BCUT2D eigenvalue weighted by molar-refractivity contribution is 5.98. The van der Waals surface area contributed by atoms with Gasteiger partial charge in [0.25, 0.3) is 5.91 Å². The number of rotatable bonds is 1. The van der Waals surface area contributed by atoms with Gasteiger partial charge in [-0.15, -0.1) is 0 Å². The molecule has 2 saturated heterocycles. The number of nitrogens with zero attached hydrogens (tertiary/aromatic N) is 2. The highest BCUT2D eigenvalue weighted by Crippen LogP contribution is 2.36. The molecule has 3 rings (SSSR count). The predicted octanol–water partition coefficient (Wildman–Crippen LogP) is 0.598. The van der Waals surface area contributed by atoms with Crippen molar-refractivity contribution in [1.29, 1.82) is 0 Å². The normalized spacial score (nSPS) is 27.7. The van der Waals surface area contributed by atoms with E-state index in [0.717, 1.165) is 32.6 Å². The number of aromatic nitrogens is 2. The molecule has 6 nitrogen and oxygen atoms in total. The maximum absolute atomic E-state index is 12.5. The zero-order chi connectivity index (χ0) is 13.3. The summed E-state index contributed by atoms with van der Waals surface area (Å²) in [5, 5.41) is 9.93. The molecule has 1 aromatic heterocycles. The fourth-order valence-electron chi connectivity index (χ4n) is 3.40. The van der Waals surface area contributed by atoms with Gasteiger partial charge in [0.05, 0.1) is 6.20 Å². The molecule has 0 radical (unpaired) electrons. The van der Waals surface area contributed by atoms with Crippen LogP contribution in [0.4, 0.5) is 5.82 Å². The fourth-order valence-corrected chi connectivity index (χ4v) is 3.40. The molecule has 0 aliphatic carbocycles. The lowest BCUT2D eigenvalue weighted by molar-refractivity contribution is 0.0435. The molecule has 0 aromatic carbocycles. The van der Waals surface area contributed by atoms with Crippen LogP contribution in [0.5, 0.6) is 0 Å². The topological polar surface area (TPSA) is 87.0 Å². The van der Waals surface area contributed by atoms with Crippen LogP contribution in [-0.2, 0) is 0 Å². The number of carbonyl (C=O) groups is 1. The Bertz CT molecular complexity index is 458. The molecule has 1 unspecified atom stereocenters. The maximum atomic E-state index is 12.5. The molecule has 104 valence electrons. The van der Waals surface area contributed by atoms with E-state index in [9.17, 15) is 4.79 Å². The predicted molar refractivity (Wildman–Crippen MR) is 72.7 cm³/mol. The van der Waals surface area contributed by atoms with Gasteiger partial charge in [0.15, 0.2) is 0 Å². The number of likely N-dealkylation sites (tertiary alicyclic amines) is 1. The molecule has 4 N–H and O–H groups in total. The number of H-pyrrole nitrogens is 1. The average Bonchev–Trinajstić information content (AvgIpc) is 2.85. The number of aromatic amines is 1. The lowest BCUT2D eigenvalue weighted by Gasteiger charge is -2.45. The van der Waals surface area contributed by atoms with Gasteiger partial charge in [0, 0.05) is 25.0 Å². The number of nitrogens with one attached hydrogen (secondary N) is 2. The van der Waals surface area contributed by atoms with Crippen LogP contribution in [0.2, 0.25) is 0 Å². The van der Waals surface area contributed by atoms with Crippen LogP contribution in [-0.4, -0.2) is 47.2 Å². The summed E-state index contributed by atoms with van der Waals surface area (Å²) in [4.78, 5) is 14.4. The molecule has 1 amide bonds. The largest absolute Gasteiger partial charge is 0.383 e. The van der Waals surface area contributed by atoms with E-state index < -0.39 is 0 Å². The average molecular weight is 263 g/mol. The Morgan fingerprint density at radius 3 is 2.95 bits per heavy atom. The summed E-state index contributed by atoms with van der Waals surface area (Å²) in [5.74, 6) is 0.377. The van der Waals surface area contributed by atoms with Crippen LogP contribution in [0.25, 0.3) is 0 Å². The first-order chi connectivity index (χ1) is 9.20. The fraction of sp³-hybridized carbons (Fsp3) is 0.692. The van der Waals surface area contributed by atoms with Crippen LogP contribution in [0.15, 0.2) is 6.20 Å². The van der Waals surface area contributed by atoms with Crippen LogP contribution < -0.4 is 11.1 Å². The second-order valence-corrected chi connectivity index (χ2v) is 5.81. The first-order valence-electron chi connectivity index (χ1n) is 6.99. The maximum Gasteiger partial charge on any atom is 0.259 e. The van der Waals surface area contributed by atoms with Gasteiger partial charge in [0.2, 0.25) is 0 Å².